The van der Waals surface area contributed by atoms with Crippen LogP contribution in [0.15, 0.2) is 65.5 Å². The first-order valence-electron chi connectivity index (χ1n) is 10.5. The average molecular weight is 412 g/mol. The van der Waals surface area contributed by atoms with Crippen molar-refractivity contribution in [2.75, 3.05) is 7.11 Å². The molecule has 1 aromatic heterocycles. The number of nitrogens with one attached hydrogen (secondary N) is 1. The molecule has 31 heavy (non-hydrogen) atoms. The molecule has 1 aliphatic rings. The maximum absolute atomic E-state index is 13.6. The first-order valence-corrected chi connectivity index (χ1v) is 10.5. The number of ether oxygens (including phenoxy) is 1. The topological polar surface area (TPSA) is 62.4 Å². The summed E-state index contributed by atoms with van der Waals surface area (Å²) in [5.74, 6) is 0.773. The Morgan fingerprint density at radius 3 is 2.58 bits per heavy atom. The Labute approximate surface area is 180 Å². The van der Waals surface area contributed by atoms with Gasteiger partial charge in [-0.05, 0) is 73.9 Å². The Balaban J connectivity index is 1.56. The highest BCUT2D eigenvalue weighted by Crippen LogP contribution is 2.36. The van der Waals surface area contributed by atoms with Crippen LogP contribution in [0.5, 0.6) is 5.75 Å². The number of H-pyrrole nitrogens is 1. The summed E-state index contributed by atoms with van der Waals surface area (Å²) < 4.78 is 5.36. The van der Waals surface area contributed by atoms with Gasteiger partial charge in [0.15, 0.2) is 5.43 Å². The van der Waals surface area contributed by atoms with Gasteiger partial charge in [-0.15, -0.1) is 0 Å². The van der Waals surface area contributed by atoms with Gasteiger partial charge in [0.25, 0.3) is 5.91 Å². The number of hydrogen-bond donors (Lipinski definition) is 1. The van der Waals surface area contributed by atoms with Gasteiger partial charge in [-0.1, -0.05) is 18.2 Å². The first-order chi connectivity index (χ1) is 15.0. The van der Waals surface area contributed by atoms with E-state index < -0.39 is 0 Å². The van der Waals surface area contributed by atoms with Gasteiger partial charge in [-0.3, -0.25) is 9.59 Å². The minimum absolute atomic E-state index is 0.0349. The quantitative estimate of drug-likeness (QED) is 0.479. The predicted molar refractivity (Wildman–Crippen MR) is 123 cm³/mol. The van der Waals surface area contributed by atoms with Gasteiger partial charge in [-0.2, -0.15) is 0 Å². The second-order valence-electron chi connectivity index (χ2n) is 8.27. The minimum atomic E-state index is -0.0669. The number of nitrogens with zero attached hydrogens (tertiary/aromatic N) is 1. The zero-order valence-corrected chi connectivity index (χ0v) is 17.8. The summed E-state index contributed by atoms with van der Waals surface area (Å²) in [4.78, 5) is 31.8. The number of aromatic amines is 1. The Morgan fingerprint density at radius 2 is 1.77 bits per heavy atom. The van der Waals surface area contributed by atoms with Gasteiger partial charge < -0.3 is 14.6 Å². The fraction of sp³-hybridized carbons (Fsp3) is 0.231. The Bertz CT molecular complexity index is 1390. The number of aromatic nitrogens is 1. The summed E-state index contributed by atoms with van der Waals surface area (Å²) in [5, 5.41) is 1.16. The van der Waals surface area contributed by atoms with Crippen molar-refractivity contribution in [2.24, 2.45) is 0 Å². The van der Waals surface area contributed by atoms with E-state index in [1.54, 1.807) is 19.2 Å². The molecule has 2 unspecified atom stereocenters. The molecule has 0 spiro atoms. The van der Waals surface area contributed by atoms with Crippen LogP contribution in [0, 0.1) is 0 Å². The van der Waals surface area contributed by atoms with Gasteiger partial charge in [0, 0.05) is 33.4 Å². The lowest BCUT2D eigenvalue weighted by atomic mass is 9.88. The first kappa shape index (κ1) is 19.4. The zero-order chi connectivity index (χ0) is 21.7. The highest BCUT2D eigenvalue weighted by Gasteiger charge is 2.33. The van der Waals surface area contributed by atoms with Crippen LogP contribution in [0.4, 0.5) is 0 Å². The van der Waals surface area contributed by atoms with Gasteiger partial charge in [-0.25, -0.2) is 0 Å². The number of benzene rings is 3. The number of amides is 1. The number of carbonyl (C=O) groups is 1. The van der Waals surface area contributed by atoms with E-state index >= 15 is 0 Å². The third kappa shape index (κ3) is 3.08. The summed E-state index contributed by atoms with van der Waals surface area (Å²) in [5.41, 5.74) is 4.35. The molecule has 0 radical (unpaired) electrons. The fourth-order valence-electron chi connectivity index (χ4n) is 4.82. The van der Waals surface area contributed by atoms with Crippen molar-refractivity contribution < 1.29 is 9.53 Å². The number of hydrogen-bond acceptors (Lipinski definition) is 3. The van der Waals surface area contributed by atoms with Crippen LogP contribution in [0.2, 0.25) is 0 Å². The molecular formula is C26H24N2O3. The van der Waals surface area contributed by atoms with E-state index in [-0.39, 0.29) is 23.4 Å². The van der Waals surface area contributed by atoms with Crippen molar-refractivity contribution in [1.29, 1.82) is 0 Å². The number of rotatable bonds is 2. The lowest BCUT2D eigenvalue weighted by Gasteiger charge is -2.40. The summed E-state index contributed by atoms with van der Waals surface area (Å²) in [6, 6.07) is 18.8. The lowest BCUT2D eigenvalue weighted by Crippen LogP contribution is -2.45. The summed E-state index contributed by atoms with van der Waals surface area (Å²) in [6.07, 6.45) is 0.765. The van der Waals surface area contributed by atoms with Crippen molar-refractivity contribution in [3.63, 3.8) is 0 Å². The van der Waals surface area contributed by atoms with E-state index in [0.29, 0.717) is 16.3 Å². The van der Waals surface area contributed by atoms with Crippen molar-refractivity contribution in [2.45, 2.75) is 32.4 Å². The molecule has 2 heterocycles. The van der Waals surface area contributed by atoms with E-state index in [0.717, 1.165) is 28.8 Å². The third-order valence-corrected chi connectivity index (χ3v) is 6.39. The maximum Gasteiger partial charge on any atom is 0.254 e. The van der Waals surface area contributed by atoms with E-state index in [1.807, 2.05) is 47.4 Å². The number of methoxy groups -OCH3 is 1. The predicted octanol–water partition coefficient (Wildman–Crippen LogP) is 4.84. The zero-order valence-electron chi connectivity index (χ0n) is 17.8. The summed E-state index contributed by atoms with van der Waals surface area (Å²) in [7, 11) is 1.66. The molecule has 4 aromatic rings. The van der Waals surface area contributed by atoms with Gasteiger partial charge >= 0.3 is 0 Å². The molecule has 2 atom stereocenters. The standard InChI is InChI=1S/C26H24N2O3/c1-15-12-18-13-19(31-3)9-10-20(18)16(2)28(15)26(30)17-8-11-24-22(14-17)25(29)21-6-4-5-7-23(21)27-24/h4-11,13-16H,12H2,1-3H3,(H,27,29). The van der Waals surface area contributed by atoms with Crippen molar-refractivity contribution in [1.82, 2.24) is 9.88 Å². The molecule has 5 nitrogen and oxygen atoms in total. The van der Waals surface area contributed by atoms with E-state index in [9.17, 15) is 9.59 Å². The molecule has 0 saturated carbocycles. The molecule has 0 saturated heterocycles. The van der Waals surface area contributed by atoms with E-state index in [1.165, 1.54) is 5.56 Å². The molecule has 156 valence electrons. The Morgan fingerprint density at radius 1 is 1.00 bits per heavy atom. The molecule has 0 aliphatic carbocycles. The van der Waals surface area contributed by atoms with Crippen molar-refractivity contribution in [3.8, 4) is 5.75 Å². The van der Waals surface area contributed by atoms with Crippen LogP contribution in [-0.4, -0.2) is 28.9 Å². The van der Waals surface area contributed by atoms with Crippen LogP contribution in [0.25, 0.3) is 21.8 Å². The van der Waals surface area contributed by atoms with Crippen LogP contribution >= 0.6 is 0 Å². The number of carbonyl (C=O) groups excluding carboxylic acids is 1. The molecule has 1 amide bonds. The van der Waals surface area contributed by atoms with Gasteiger partial charge in [0.05, 0.1) is 13.2 Å². The van der Waals surface area contributed by atoms with E-state index in [2.05, 4.69) is 24.9 Å². The largest absolute Gasteiger partial charge is 0.497 e. The monoisotopic (exact) mass is 412 g/mol. The third-order valence-electron chi connectivity index (χ3n) is 6.39. The van der Waals surface area contributed by atoms with Crippen LogP contribution in [0.3, 0.4) is 0 Å². The minimum Gasteiger partial charge on any atom is -0.497 e. The molecule has 1 N–H and O–H groups in total. The average Bonchev–Trinajstić information content (AvgIpc) is 2.78. The highest BCUT2D eigenvalue weighted by molar-refractivity contribution is 6.00. The summed E-state index contributed by atoms with van der Waals surface area (Å²) in [6.45, 7) is 4.12. The highest BCUT2D eigenvalue weighted by atomic mass is 16.5. The normalized spacial score (nSPS) is 18.2. The van der Waals surface area contributed by atoms with Gasteiger partial charge in [0.2, 0.25) is 0 Å². The second-order valence-corrected chi connectivity index (χ2v) is 8.27. The maximum atomic E-state index is 13.6. The van der Waals surface area contributed by atoms with Crippen LogP contribution in [-0.2, 0) is 6.42 Å². The molecule has 0 bridgehead atoms. The van der Waals surface area contributed by atoms with Crippen LogP contribution in [0.1, 0.15) is 41.4 Å². The van der Waals surface area contributed by atoms with Crippen LogP contribution < -0.4 is 10.2 Å². The van der Waals surface area contributed by atoms with E-state index in [4.69, 9.17) is 4.74 Å². The number of fused-ring (bicyclic) bond motifs is 3. The molecule has 5 rings (SSSR count). The molecule has 3 aromatic carbocycles. The second kappa shape index (κ2) is 7.27. The fourth-order valence-corrected chi connectivity index (χ4v) is 4.82. The smallest absolute Gasteiger partial charge is 0.254 e. The Hall–Kier alpha value is -3.60. The SMILES string of the molecule is COc1ccc2c(c1)CC(C)N(C(=O)c1ccc3[nH]c4ccccc4c(=O)c3c1)C2C. The molecule has 5 heteroatoms. The van der Waals surface area contributed by atoms with Crippen molar-refractivity contribution >= 4 is 27.7 Å². The molecule has 1 aliphatic heterocycles. The lowest BCUT2D eigenvalue weighted by molar-refractivity contribution is 0.0580. The Kier molecular flexibility index (Phi) is 4.54. The molecule has 0 fully saturated rings. The number of para-hydroxylation sites is 1. The number of pyridine rings is 1. The summed E-state index contributed by atoms with van der Waals surface area (Å²) >= 11 is 0. The van der Waals surface area contributed by atoms with Crippen molar-refractivity contribution in [3.05, 3.63) is 87.6 Å². The molecular weight excluding hydrogens is 388 g/mol. The van der Waals surface area contributed by atoms with Gasteiger partial charge in [0.1, 0.15) is 5.75 Å².